The molecule has 1 aromatic rings. The molecule has 0 saturated heterocycles. The highest BCUT2D eigenvalue weighted by molar-refractivity contribution is 14.1. The molecule has 1 aromatic carbocycles. The lowest BCUT2D eigenvalue weighted by Crippen LogP contribution is -2.26. The number of hydrogen-bond acceptors (Lipinski definition) is 2. The molecule has 0 aliphatic carbocycles. The van der Waals surface area contributed by atoms with Crippen molar-refractivity contribution in [2.24, 2.45) is 0 Å². The summed E-state index contributed by atoms with van der Waals surface area (Å²) in [5, 5.41) is 4.24. The summed E-state index contributed by atoms with van der Waals surface area (Å²) in [5.74, 6) is 0. The van der Waals surface area contributed by atoms with Gasteiger partial charge >= 0.3 is 0 Å². The summed E-state index contributed by atoms with van der Waals surface area (Å²) in [6.07, 6.45) is 1.11. The van der Waals surface area contributed by atoms with E-state index >= 15 is 0 Å². The van der Waals surface area contributed by atoms with Crippen molar-refractivity contribution < 1.29 is 4.74 Å². The van der Waals surface area contributed by atoms with Crippen molar-refractivity contribution in [2.75, 3.05) is 20.3 Å². The molecule has 0 aliphatic rings. The SMILES string of the molecule is CCCNC(COC)c1cc(Cl)ccc1I. The molecule has 0 spiro atoms. The molecule has 0 bridgehead atoms. The second-order valence-electron chi connectivity index (χ2n) is 3.63. The summed E-state index contributed by atoms with van der Waals surface area (Å²) in [6.45, 7) is 3.80. The van der Waals surface area contributed by atoms with Gasteiger partial charge in [-0.25, -0.2) is 0 Å². The van der Waals surface area contributed by atoms with Crippen LogP contribution in [0.25, 0.3) is 0 Å². The molecule has 4 heteroatoms. The highest BCUT2D eigenvalue weighted by Gasteiger charge is 2.13. The summed E-state index contributed by atoms with van der Waals surface area (Å²) < 4.78 is 6.46. The van der Waals surface area contributed by atoms with Gasteiger partial charge in [0.05, 0.1) is 12.6 Å². The van der Waals surface area contributed by atoms with Crippen molar-refractivity contribution in [3.63, 3.8) is 0 Å². The Balaban J connectivity index is 2.85. The molecule has 16 heavy (non-hydrogen) atoms. The van der Waals surface area contributed by atoms with Crippen LogP contribution in [0.1, 0.15) is 24.9 Å². The fourth-order valence-corrected chi connectivity index (χ4v) is 2.42. The van der Waals surface area contributed by atoms with Crippen LogP contribution in [0.5, 0.6) is 0 Å². The average Bonchev–Trinajstić information content (AvgIpc) is 2.28. The third kappa shape index (κ3) is 4.20. The van der Waals surface area contributed by atoms with Gasteiger partial charge in [0.15, 0.2) is 0 Å². The molecule has 0 heterocycles. The minimum Gasteiger partial charge on any atom is -0.383 e. The Morgan fingerprint density at radius 3 is 2.88 bits per heavy atom. The fourth-order valence-electron chi connectivity index (χ4n) is 1.53. The molecule has 90 valence electrons. The van der Waals surface area contributed by atoms with E-state index in [2.05, 4.69) is 34.8 Å². The maximum atomic E-state index is 6.02. The predicted molar refractivity (Wildman–Crippen MR) is 77.1 cm³/mol. The summed E-state index contributed by atoms with van der Waals surface area (Å²) >= 11 is 8.35. The number of benzene rings is 1. The third-order valence-corrected chi connectivity index (χ3v) is 3.53. The van der Waals surface area contributed by atoms with Gasteiger partial charge in [0.2, 0.25) is 0 Å². The summed E-state index contributed by atoms with van der Waals surface area (Å²) in [7, 11) is 1.72. The smallest absolute Gasteiger partial charge is 0.0658 e. The zero-order valence-electron chi connectivity index (χ0n) is 9.59. The van der Waals surface area contributed by atoms with Crippen LogP contribution in [0.4, 0.5) is 0 Å². The predicted octanol–water partition coefficient (Wildman–Crippen LogP) is 3.63. The van der Waals surface area contributed by atoms with Crippen molar-refractivity contribution in [3.05, 3.63) is 32.4 Å². The standard InChI is InChI=1S/C12H17ClINO/c1-3-6-15-12(8-16-2)10-7-9(13)4-5-11(10)14/h4-5,7,12,15H,3,6,8H2,1-2H3. The first-order valence-electron chi connectivity index (χ1n) is 5.36. The Labute approximate surface area is 116 Å². The number of methoxy groups -OCH3 is 1. The zero-order chi connectivity index (χ0) is 12.0. The van der Waals surface area contributed by atoms with Gasteiger partial charge in [-0.15, -0.1) is 0 Å². The van der Waals surface area contributed by atoms with Crippen LogP contribution >= 0.6 is 34.2 Å². The average molecular weight is 354 g/mol. The van der Waals surface area contributed by atoms with E-state index in [-0.39, 0.29) is 6.04 Å². The Morgan fingerprint density at radius 2 is 2.25 bits per heavy atom. The molecule has 1 atom stereocenters. The number of rotatable bonds is 6. The van der Waals surface area contributed by atoms with E-state index in [4.69, 9.17) is 16.3 Å². The van der Waals surface area contributed by atoms with E-state index < -0.39 is 0 Å². The highest BCUT2D eigenvalue weighted by atomic mass is 127. The van der Waals surface area contributed by atoms with Gasteiger partial charge in [-0.3, -0.25) is 0 Å². The lowest BCUT2D eigenvalue weighted by molar-refractivity contribution is 0.167. The largest absolute Gasteiger partial charge is 0.383 e. The van der Waals surface area contributed by atoms with Gasteiger partial charge in [-0.1, -0.05) is 18.5 Å². The highest BCUT2D eigenvalue weighted by Crippen LogP contribution is 2.24. The Bertz CT molecular complexity index is 333. The topological polar surface area (TPSA) is 21.3 Å². The maximum Gasteiger partial charge on any atom is 0.0658 e. The molecule has 0 fully saturated rings. The summed E-state index contributed by atoms with van der Waals surface area (Å²) in [4.78, 5) is 0. The monoisotopic (exact) mass is 353 g/mol. The Kier molecular flexibility index (Phi) is 6.65. The van der Waals surface area contributed by atoms with E-state index in [9.17, 15) is 0 Å². The van der Waals surface area contributed by atoms with E-state index in [1.807, 2.05) is 18.2 Å². The van der Waals surface area contributed by atoms with E-state index in [1.165, 1.54) is 9.13 Å². The quantitative estimate of drug-likeness (QED) is 0.789. The molecule has 0 saturated carbocycles. The number of halogens is 2. The first kappa shape index (κ1) is 14.2. The molecular formula is C12H17ClINO. The van der Waals surface area contributed by atoms with Crippen LogP contribution in [-0.4, -0.2) is 20.3 Å². The fraction of sp³-hybridized carbons (Fsp3) is 0.500. The number of nitrogens with one attached hydrogen (secondary N) is 1. The molecule has 0 amide bonds. The minimum absolute atomic E-state index is 0.218. The lowest BCUT2D eigenvalue weighted by atomic mass is 10.1. The molecule has 2 nitrogen and oxygen atoms in total. The molecule has 0 aromatic heterocycles. The van der Waals surface area contributed by atoms with Crippen molar-refractivity contribution in [1.29, 1.82) is 0 Å². The molecule has 0 aliphatic heterocycles. The minimum atomic E-state index is 0.218. The summed E-state index contributed by atoms with van der Waals surface area (Å²) in [6, 6.07) is 6.18. The van der Waals surface area contributed by atoms with Crippen molar-refractivity contribution in [3.8, 4) is 0 Å². The Hall–Kier alpha value is 0.160. The molecule has 1 rings (SSSR count). The van der Waals surface area contributed by atoms with Gasteiger partial charge in [0.25, 0.3) is 0 Å². The van der Waals surface area contributed by atoms with E-state index in [0.717, 1.165) is 18.0 Å². The number of hydrogen-bond donors (Lipinski definition) is 1. The van der Waals surface area contributed by atoms with Crippen LogP contribution < -0.4 is 5.32 Å². The van der Waals surface area contributed by atoms with Crippen LogP contribution in [0, 0.1) is 3.57 Å². The second kappa shape index (κ2) is 7.48. The van der Waals surface area contributed by atoms with E-state index in [1.54, 1.807) is 7.11 Å². The zero-order valence-corrected chi connectivity index (χ0v) is 12.5. The molecular weight excluding hydrogens is 336 g/mol. The van der Waals surface area contributed by atoms with E-state index in [0.29, 0.717) is 6.61 Å². The van der Waals surface area contributed by atoms with Crippen LogP contribution in [0.15, 0.2) is 18.2 Å². The Morgan fingerprint density at radius 1 is 1.50 bits per heavy atom. The molecule has 1 unspecified atom stereocenters. The van der Waals surface area contributed by atoms with Gasteiger partial charge in [0, 0.05) is 15.7 Å². The number of ether oxygens (including phenoxy) is 1. The first-order chi connectivity index (χ1) is 7.69. The lowest BCUT2D eigenvalue weighted by Gasteiger charge is -2.19. The maximum absolute atomic E-state index is 6.02. The van der Waals surface area contributed by atoms with Crippen molar-refractivity contribution in [1.82, 2.24) is 5.32 Å². The van der Waals surface area contributed by atoms with Gasteiger partial charge in [0.1, 0.15) is 0 Å². The normalized spacial score (nSPS) is 12.8. The van der Waals surface area contributed by atoms with Gasteiger partial charge < -0.3 is 10.1 Å². The summed E-state index contributed by atoms with van der Waals surface area (Å²) in [5.41, 5.74) is 1.21. The third-order valence-electron chi connectivity index (χ3n) is 2.31. The van der Waals surface area contributed by atoms with Gasteiger partial charge in [-0.2, -0.15) is 0 Å². The van der Waals surface area contributed by atoms with Crippen molar-refractivity contribution >= 4 is 34.2 Å². The first-order valence-corrected chi connectivity index (χ1v) is 6.82. The van der Waals surface area contributed by atoms with Gasteiger partial charge in [-0.05, 0) is 59.3 Å². The van der Waals surface area contributed by atoms with Crippen LogP contribution in [-0.2, 0) is 4.74 Å². The van der Waals surface area contributed by atoms with Crippen molar-refractivity contribution in [2.45, 2.75) is 19.4 Å². The van der Waals surface area contributed by atoms with Crippen LogP contribution in [0.2, 0.25) is 5.02 Å². The van der Waals surface area contributed by atoms with Crippen LogP contribution in [0.3, 0.4) is 0 Å². The second-order valence-corrected chi connectivity index (χ2v) is 5.23. The molecule has 1 N–H and O–H groups in total. The molecule has 0 radical (unpaired) electrons.